The Bertz CT molecular complexity index is 499. The van der Waals surface area contributed by atoms with E-state index in [0.29, 0.717) is 18.1 Å². The molecule has 1 aromatic rings. The molecule has 1 saturated carbocycles. The van der Waals surface area contributed by atoms with Crippen LogP contribution in [0.4, 0.5) is 0 Å². The van der Waals surface area contributed by atoms with Gasteiger partial charge in [-0.05, 0) is 49.7 Å². The molecule has 0 aromatic heterocycles. The third kappa shape index (κ3) is 3.47. The molecule has 1 aromatic carbocycles. The molecule has 2 aliphatic carbocycles. The van der Waals surface area contributed by atoms with Gasteiger partial charge in [0.25, 0.3) is 0 Å². The maximum absolute atomic E-state index is 10.3. The van der Waals surface area contributed by atoms with Crippen LogP contribution in [0.2, 0.25) is 0 Å². The lowest BCUT2D eigenvalue weighted by Crippen LogP contribution is -2.52. The summed E-state index contributed by atoms with van der Waals surface area (Å²) in [7, 11) is 0. The number of benzene rings is 1. The fraction of sp³-hybridized carbons (Fsp3) is 0.700. The Hall–Kier alpha value is -0.900. The Balaban J connectivity index is 1.26. The summed E-state index contributed by atoms with van der Waals surface area (Å²) >= 11 is 0. The zero-order chi connectivity index (χ0) is 15.6. The van der Waals surface area contributed by atoms with Crippen LogP contribution in [0.15, 0.2) is 24.3 Å². The summed E-state index contributed by atoms with van der Waals surface area (Å²) in [5, 5.41) is 14.2. The maximum atomic E-state index is 10.3. The molecular weight excluding hydrogens is 284 g/mol. The quantitative estimate of drug-likeness (QED) is 0.900. The molecule has 2 fully saturated rings. The van der Waals surface area contributed by atoms with Gasteiger partial charge in [-0.2, -0.15) is 0 Å². The van der Waals surface area contributed by atoms with Gasteiger partial charge in [0.2, 0.25) is 0 Å². The summed E-state index contributed by atoms with van der Waals surface area (Å²) in [5.41, 5.74) is 3.07. The molecule has 1 aliphatic heterocycles. The number of rotatable bonds is 3. The lowest BCUT2D eigenvalue weighted by atomic mass is 9.89. The molecule has 1 heterocycles. The first-order valence-electron chi connectivity index (χ1n) is 9.54. The van der Waals surface area contributed by atoms with Crippen molar-refractivity contribution < 1.29 is 5.11 Å². The standard InChI is InChI=1S/C20H30N2O/c23-20-8-4-3-7-19(20)22-11-9-17(10-12-22)21-18-13-15-5-1-2-6-16(15)14-18/h1-2,5-6,17-21,23H,3-4,7-14H2. The number of hydrogen-bond acceptors (Lipinski definition) is 3. The van der Waals surface area contributed by atoms with Crippen molar-refractivity contribution in [3.05, 3.63) is 35.4 Å². The van der Waals surface area contributed by atoms with E-state index in [2.05, 4.69) is 34.5 Å². The van der Waals surface area contributed by atoms with Gasteiger partial charge >= 0.3 is 0 Å². The third-order valence-electron chi connectivity index (χ3n) is 6.21. The fourth-order valence-corrected chi connectivity index (χ4v) is 4.93. The van der Waals surface area contributed by atoms with Gasteiger partial charge in [-0.3, -0.25) is 4.90 Å². The van der Waals surface area contributed by atoms with Crippen LogP contribution in [0.25, 0.3) is 0 Å². The second kappa shape index (κ2) is 6.92. The van der Waals surface area contributed by atoms with E-state index in [9.17, 15) is 5.11 Å². The minimum absolute atomic E-state index is 0.0856. The average Bonchev–Trinajstić information content (AvgIpc) is 2.98. The molecule has 4 rings (SSSR count). The van der Waals surface area contributed by atoms with Crippen molar-refractivity contribution in [2.45, 2.75) is 75.6 Å². The van der Waals surface area contributed by atoms with E-state index < -0.39 is 0 Å². The highest BCUT2D eigenvalue weighted by atomic mass is 16.3. The van der Waals surface area contributed by atoms with Crippen LogP contribution in [0.5, 0.6) is 0 Å². The summed E-state index contributed by atoms with van der Waals surface area (Å²) in [5.74, 6) is 0. The maximum Gasteiger partial charge on any atom is 0.0695 e. The number of likely N-dealkylation sites (tertiary alicyclic amines) is 1. The smallest absolute Gasteiger partial charge is 0.0695 e. The molecule has 0 radical (unpaired) electrons. The second-order valence-electron chi connectivity index (χ2n) is 7.77. The Kier molecular flexibility index (Phi) is 4.70. The number of nitrogens with zero attached hydrogens (tertiary/aromatic N) is 1. The van der Waals surface area contributed by atoms with Crippen molar-refractivity contribution in [3.8, 4) is 0 Å². The predicted molar refractivity (Wildman–Crippen MR) is 93.6 cm³/mol. The summed E-state index contributed by atoms with van der Waals surface area (Å²) in [6.07, 6.45) is 9.46. The molecule has 2 N–H and O–H groups in total. The molecular formula is C20H30N2O. The summed E-state index contributed by atoms with van der Waals surface area (Å²) < 4.78 is 0. The second-order valence-corrected chi connectivity index (χ2v) is 7.77. The van der Waals surface area contributed by atoms with Gasteiger partial charge in [-0.1, -0.05) is 37.1 Å². The molecule has 2 atom stereocenters. The normalized spacial score (nSPS) is 30.5. The number of aliphatic hydroxyl groups is 1. The van der Waals surface area contributed by atoms with Gasteiger partial charge in [0.1, 0.15) is 0 Å². The number of aliphatic hydroxyl groups excluding tert-OH is 1. The summed E-state index contributed by atoms with van der Waals surface area (Å²) in [4.78, 5) is 2.56. The molecule has 126 valence electrons. The molecule has 3 nitrogen and oxygen atoms in total. The monoisotopic (exact) mass is 314 g/mol. The van der Waals surface area contributed by atoms with Crippen LogP contribution in [0.3, 0.4) is 0 Å². The lowest BCUT2D eigenvalue weighted by Gasteiger charge is -2.42. The van der Waals surface area contributed by atoms with Crippen molar-refractivity contribution in [1.82, 2.24) is 10.2 Å². The Morgan fingerprint density at radius 3 is 2.17 bits per heavy atom. The summed E-state index contributed by atoms with van der Waals surface area (Å²) in [6.45, 7) is 2.30. The Morgan fingerprint density at radius 1 is 0.870 bits per heavy atom. The van der Waals surface area contributed by atoms with Gasteiger partial charge in [-0.15, -0.1) is 0 Å². The molecule has 3 heteroatoms. The van der Waals surface area contributed by atoms with Crippen molar-refractivity contribution in [3.63, 3.8) is 0 Å². The zero-order valence-corrected chi connectivity index (χ0v) is 14.1. The van der Waals surface area contributed by atoms with Gasteiger partial charge in [0.05, 0.1) is 6.10 Å². The van der Waals surface area contributed by atoms with Crippen molar-refractivity contribution >= 4 is 0 Å². The van der Waals surface area contributed by atoms with E-state index in [0.717, 1.165) is 19.5 Å². The van der Waals surface area contributed by atoms with E-state index >= 15 is 0 Å². The highest BCUT2D eigenvalue weighted by Gasteiger charge is 2.32. The zero-order valence-electron chi connectivity index (χ0n) is 14.1. The fourth-order valence-electron chi connectivity index (χ4n) is 4.93. The van der Waals surface area contributed by atoms with Crippen LogP contribution in [-0.2, 0) is 12.8 Å². The van der Waals surface area contributed by atoms with E-state index in [1.165, 1.54) is 56.1 Å². The topological polar surface area (TPSA) is 35.5 Å². The molecule has 3 aliphatic rings. The molecule has 1 saturated heterocycles. The van der Waals surface area contributed by atoms with Crippen LogP contribution < -0.4 is 5.32 Å². The van der Waals surface area contributed by atoms with Crippen molar-refractivity contribution in [2.75, 3.05) is 13.1 Å². The van der Waals surface area contributed by atoms with E-state index in [4.69, 9.17) is 0 Å². The molecule has 0 bridgehead atoms. The van der Waals surface area contributed by atoms with Gasteiger partial charge in [0, 0.05) is 31.2 Å². The minimum Gasteiger partial charge on any atom is -0.391 e. The van der Waals surface area contributed by atoms with Crippen LogP contribution in [0.1, 0.15) is 49.7 Å². The van der Waals surface area contributed by atoms with Gasteiger partial charge in [-0.25, -0.2) is 0 Å². The largest absolute Gasteiger partial charge is 0.391 e. The number of piperidine rings is 1. The first-order valence-corrected chi connectivity index (χ1v) is 9.54. The highest BCUT2D eigenvalue weighted by Crippen LogP contribution is 2.27. The van der Waals surface area contributed by atoms with E-state index in [1.54, 1.807) is 0 Å². The minimum atomic E-state index is -0.0856. The van der Waals surface area contributed by atoms with Gasteiger partial charge < -0.3 is 10.4 Å². The van der Waals surface area contributed by atoms with Crippen LogP contribution >= 0.6 is 0 Å². The molecule has 0 amide bonds. The van der Waals surface area contributed by atoms with Gasteiger partial charge in [0.15, 0.2) is 0 Å². The number of hydrogen-bond donors (Lipinski definition) is 2. The first kappa shape index (κ1) is 15.6. The average molecular weight is 314 g/mol. The van der Waals surface area contributed by atoms with Crippen LogP contribution in [-0.4, -0.2) is 47.3 Å². The SMILES string of the molecule is OC1CCCCC1N1CCC(NC2Cc3ccccc3C2)CC1. The Morgan fingerprint density at radius 2 is 1.52 bits per heavy atom. The molecule has 23 heavy (non-hydrogen) atoms. The van der Waals surface area contributed by atoms with E-state index in [1.807, 2.05) is 0 Å². The van der Waals surface area contributed by atoms with Crippen molar-refractivity contribution in [1.29, 1.82) is 0 Å². The van der Waals surface area contributed by atoms with E-state index in [-0.39, 0.29) is 6.10 Å². The highest BCUT2D eigenvalue weighted by molar-refractivity contribution is 5.33. The lowest BCUT2D eigenvalue weighted by molar-refractivity contribution is 0.00667. The van der Waals surface area contributed by atoms with Crippen LogP contribution in [0, 0.1) is 0 Å². The predicted octanol–water partition coefficient (Wildman–Crippen LogP) is 2.51. The Labute approximate surface area is 140 Å². The molecule has 0 spiro atoms. The third-order valence-corrected chi connectivity index (χ3v) is 6.21. The first-order chi connectivity index (χ1) is 11.3. The molecule has 2 unspecified atom stereocenters. The van der Waals surface area contributed by atoms with Crippen molar-refractivity contribution in [2.24, 2.45) is 0 Å². The number of fused-ring (bicyclic) bond motifs is 1. The summed E-state index contributed by atoms with van der Waals surface area (Å²) in [6, 6.07) is 10.6. The number of nitrogens with one attached hydrogen (secondary N) is 1.